The average molecular weight is 776 g/mol. The van der Waals surface area contributed by atoms with Gasteiger partial charge in [-0.2, -0.15) is 0 Å². The standard InChI is InChI=1S/C60H41N/c1-2-12-42(13-3-1)43-24-26-44(27-25-43)45-30-35-53(36-31-45)61(54-37-32-46(33-38-54)49-34-39-58-52(40-49)29-28-48-15-5-7-20-56(48)58)60-23-9-8-21-59(60)51-18-10-17-50(41-51)57-22-11-16-47-14-4-6-19-55(47)57/h1-41H. The highest BCUT2D eigenvalue weighted by Crippen LogP contribution is 2.43. The van der Waals surface area contributed by atoms with Gasteiger partial charge in [-0.1, -0.05) is 206 Å². The molecule has 0 radical (unpaired) electrons. The van der Waals surface area contributed by atoms with Gasteiger partial charge in [-0.15, -0.1) is 0 Å². The monoisotopic (exact) mass is 775 g/mol. The number of fused-ring (bicyclic) bond motifs is 4. The molecule has 11 rings (SSSR count). The highest BCUT2D eigenvalue weighted by atomic mass is 15.1. The summed E-state index contributed by atoms with van der Waals surface area (Å²) in [5, 5.41) is 7.58. The van der Waals surface area contributed by atoms with Crippen molar-refractivity contribution in [3.63, 3.8) is 0 Å². The molecule has 0 atom stereocenters. The molecule has 286 valence electrons. The molecule has 11 aromatic rings. The molecule has 0 spiro atoms. The van der Waals surface area contributed by atoms with E-state index in [1.54, 1.807) is 0 Å². The van der Waals surface area contributed by atoms with Gasteiger partial charge in [0.05, 0.1) is 5.69 Å². The number of nitrogens with zero attached hydrogens (tertiary/aromatic N) is 1. The van der Waals surface area contributed by atoms with Crippen LogP contribution >= 0.6 is 0 Å². The molecule has 0 heterocycles. The summed E-state index contributed by atoms with van der Waals surface area (Å²) >= 11 is 0. The van der Waals surface area contributed by atoms with Gasteiger partial charge < -0.3 is 4.90 Å². The third-order valence-electron chi connectivity index (χ3n) is 12.1. The third-order valence-corrected chi connectivity index (χ3v) is 12.1. The van der Waals surface area contributed by atoms with Gasteiger partial charge in [0.2, 0.25) is 0 Å². The molecule has 0 aliphatic carbocycles. The Kier molecular flexibility index (Phi) is 9.26. The van der Waals surface area contributed by atoms with E-state index in [1.807, 2.05) is 0 Å². The van der Waals surface area contributed by atoms with Crippen LogP contribution in [0.15, 0.2) is 249 Å². The molecule has 0 N–H and O–H groups in total. The molecule has 0 amide bonds. The van der Waals surface area contributed by atoms with Gasteiger partial charge in [-0.05, 0) is 125 Å². The molecule has 0 saturated carbocycles. The number of hydrogen-bond acceptors (Lipinski definition) is 1. The zero-order valence-corrected chi connectivity index (χ0v) is 33.6. The maximum atomic E-state index is 2.40. The largest absolute Gasteiger partial charge is 0.310 e. The smallest absolute Gasteiger partial charge is 0.0540 e. The van der Waals surface area contributed by atoms with Crippen molar-refractivity contribution in [2.75, 3.05) is 4.90 Å². The summed E-state index contributed by atoms with van der Waals surface area (Å²) in [6, 6.07) is 90.4. The number of hydrogen-bond donors (Lipinski definition) is 0. The lowest BCUT2D eigenvalue weighted by molar-refractivity contribution is 1.28. The predicted octanol–water partition coefficient (Wildman–Crippen LogP) is 17.0. The van der Waals surface area contributed by atoms with Crippen LogP contribution in [0.2, 0.25) is 0 Å². The zero-order valence-electron chi connectivity index (χ0n) is 33.6. The Morgan fingerprint density at radius 3 is 1.34 bits per heavy atom. The molecule has 0 bridgehead atoms. The lowest BCUT2D eigenvalue weighted by Gasteiger charge is -2.28. The van der Waals surface area contributed by atoms with Crippen LogP contribution in [0, 0.1) is 0 Å². The second-order valence-electron chi connectivity index (χ2n) is 15.7. The van der Waals surface area contributed by atoms with Crippen LogP contribution in [0.3, 0.4) is 0 Å². The fraction of sp³-hybridized carbons (Fsp3) is 0. The van der Waals surface area contributed by atoms with Crippen molar-refractivity contribution in [3.8, 4) is 55.6 Å². The molecule has 0 fully saturated rings. The highest BCUT2D eigenvalue weighted by Gasteiger charge is 2.18. The topological polar surface area (TPSA) is 3.24 Å². The maximum Gasteiger partial charge on any atom is 0.0540 e. The Bertz CT molecular complexity index is 3320. The normalized spacial score (nSPS) is 11.3. The summed E-state index contributed by atoms with van der Waals surface area (Å²) in [6.07, 6.45) is 0. The summed E-state index contributed by atoms with van der Waals surface area (Å²) in [4.78, 5) is 2.40. The van der Waals surface area contributed by atoms with Crippen LogP contribution in [-0.2, 0) is 0 Å². The first-order chi connectivity index (χ1) is 30.2. The number of para-hydroxylation sites is 1. The third kappa shape index (κ3) is 6.93. The van der Waals surface area contributed by atoms with Gasteiger partial charge >= 0.3 is 0 Å². The van der Waals surface area contributed by atoms with Crippen LogP contribution < -0.4 is 4.90 Å². The van der Waals surface area contributed by atoms with Crippen molar-refractivity contribution < 1.29 is 0 Å². The summed E-state index contributed by atoms with van der Waals surface area (Å²) in [5.74, 6) is 0. The van der Waals surface area contributed by atoms with Gasteiger partial charge in [0.1, 0.15) is 0 Å². The minimum Gasteiger partial charge on any atom is -0.310 e. The SMILES string of the molecule is c1ccc(-c2ccc(-c3ccc(N(c4ccc(-c5ccc6c(ccc7ccccc76)c5)cc4)c4ccccc4-c4cccc(-c5cccc6ccccc56)c4)cc3)cc2)cc1. The lowest BCUT2D eigenvalue weighted by atomic mass is 9.94. The van der Waals surface area contributed by atoms with Crippen molar-refractivity contribution in [2.45, 2.75) is 0 Å². The molecule has 1 heteroatoms. The lowest BCUT2D eigenvalue weighted by Crippen LogP contribution is -2.11. The molecule has 0 aromatic heterocycles. The number of rotatable bonds is 8. The minimum absolute atomic E-state index is 1.09. The van der Waals surface area contributed by atoms with Crippen molar-refractivity contribution in [3.05, 3.63) is 249 Å². The van der Waals surface area contributed by atoms with E-state index >= 15 is 0 Å². The van der Waals surface area contributed by atoms with Crippen LogP contribution in [0.1, 0.15) is 0 Å². The van der Waals surface area contributed by atoms with Crippen molar-refractivity contribution in [2.24, 2.45) is 0 Å². The average Bonchev–Trinajstić information content (AvgIpc) is 3.34. The van der Waals surface area contributed by atoms with Crippen molar-refractivity contribution >= 4 is 49.4 Å². The Hall–Kier alpha value is -8.00. The van der Waals surface area contributed by atoms with E-state index in [9.17, 15) is 0 Å². The van der Waals surface area contributed by atoms with Gasteiger partial charge in [0.15, 0.2) is 0 Å². The Labute approximate surface area is 357 Å². The predicted molar refractivity (Wildman–Crippen MR) is 261 cm³/mol. The fourth-order valence-electron chi connectivity index (χ4n) is 8.96. The zero-order chi connectivity index (χ0) is 40.5. The first kappa shape index (κ1) is 36.1. The van der Waals surface area contributed by atoms with E-state index in [1.165, 1.54) is 82.4 Å². The molecule has 11 aromatic carbocycles. The number of anilines is 3. The Balaban J connectivity index is 0.994. The first-order valence-electron chi connectivity index (χ1n) is 21.0. The quantitative estimate of drug-likeness (QED) is 0.139. The molecule has 0 saturated heterocycles. The summed E-state index contributed by atoms with van der Waals surface area (Å²) in [7, 11) is 0. The van der Waals surface area contributed by atoms with Gasteiger partial charge in [-0.3, -0.25) is 0 Å². The fourth-order valence-corrected chi connectivity index (χ4v) is 8.96. The van der Waals surface area contributed by atoms with Gasteiger partial charge in [0.25, 0.3) is 0 Å². The molecule has 1 nitrogen and oxygen atoms in total. The molecule has 0 aliphatic rings. The summed E-state index contributed by atoms with van der Waals surface area (Å²) < 4.78 is 0. The minimum atomic E-state index is 1.09. The van der Waals surface area contributed by atoms with E-state index < -0.39 is 0 Å². The van der Waals surface area contributed by atoms with Crippen LogP contribution in [0.25, 0.3) is 88.0 Å². The Morgan fingerprint density at radius 2 is 0.639 bits per heavy atom. The van der Waals surface area contributed by atoms with E-state index in [0.29, 0.717) is 0 Å². The van der Waals surface area contributed by atoms with E-state index in [2.05, 4.69) is 254 Å². The summed E-state index contributed by atoms with van der Waals surface area (Å²) in [5.41, 5.74) is 15.3. The maximum absolute atomic E-state index is 2.40. The van der Waals surface area contributed by atoms with Crippen molar-refractivity contribution in [1.29, 1.82) is 0 Å². The molecule has 61 heavy (non-hydrogen) atoms. The van der Waals surface area contributed by atoms with Gasteiger partial charge in [-0.25, -0.2) is 0 Å². The van der Waals surface area contributed by atoms with E-state index in [-0.39, 0.29) is 0 Å². The van der Waals surface area contributed by atoms with Crippen molar-refractivity contribution in [1.82, 2.24) is 0 Å². The Morgan fingerprint density at radius 1 is 0.213 bits per heavy atom. The van der Waals surface area contributed by atoms with Crippen LogP contribution in [0.5, 0.6) is 0 Å². The summed E-state index contributed by atoms with van der Waals surface area (Å²) in [6.45, 7) is 0. The van der Waals surface area contributed by atoms with Gasteiger partial charge in [0, 0.05) is 16.9 Å². The number of benzene rings is 11. The molecule has 0 aliphatic heterocycles. The second-order valence-corrected chi connectivity index (χ2v) is 15.7. The highest BCUT2D eigenvalue weighted by molar-refractivity contribution is 6.08. The van der Waals surface area contributed by atoms with Crippen LogP contribution in [-0.4, -0.2) is 0 Å². The molecule has 0 unspecified atom stereocenters. The van der Waals surface area contributed by atoms with Crippen LogP contribution in [0.4, 0.5) is 17.1 Å². The van der Waals surface area contributed by atoms with E-state index in [4.69, 9.17) is 0 Å². The molecular formula is C60H41N. The second kappa shape index (κ2) is 15.6. The van der Waals surface area contributed by atoms with E-state index in [0.717, 1.165) is 22.6 Å². The first-order valence-corrected chi connectivity index (χ1v) is 21.0. The molecular weight excluding hydrogens is 735 g/mol.